The number of benzene rings is 8. The first kappa shape index (κ1) is 32.3. The Balaban J connectivity index is 1.05. The van der Waals surface area contributed by atoms with Crippen LogP contribution in [0.2, 0.25) is 0 Å². The smallest absolute Gasteiger partial charge is 0.164 e. The lowest BCUT2D eigenvalue weighted by atomic mass is 9.96. The zero-order chi connectivity index (χ0) is 38.2. The lowest BCUT2D eigenvalue weighted by Crippen LogP contribution is -2.00. The van der Waals surface area contributed by atoms with Gasteiger partial charge in [-0.15, -0.1) is 0 Å². The number of aromatic nitrogens is 5. The fraction of sp³-hybridized carbons (Fsp3) is 0. The van der Waals surface area contributed by atoms with E-state index in [2.05, 4.69) is 144 Å². The number of para-hydroxylation sites is 3. The van der Waals surface area contributed by atoms with Gasteiger partial charge < -0.3 is 8.98 Å². The molecule has 0 atom stereocenters. The van der Waals surface area contributed by atoms with E-state index in [1.807, 2.05) is 48.5 Å². The van der Waals surface area contributed by atoms with Crippen LogP contribution in [0.3, 0.4) is 0 Å². The average molecular weight is 742 g/mol. The summed E-state index contributed by atoms with van der Waals surface area (Å²) in [5.74, 6) is 1.78. The van der Waals surface area contributed by atoms with Crippen LogP contribution in [0.5, 0.6) is 0 Å². The van der Waals surface area contributed by atoms with Gasteiger partial charge in [0.15, 0.2) is 17.5 Å². The molecule has 12 aromatic rings. The number of hydrogen-bond donors (Lipinski definition) is 0. The Morgan fingerprint density at radius 3 is 1.71 bits per heavy atom. The van der Waals surface area contributed by atoms with Crippen molar-refractivity contribution >= 4 is 65.4 Å². The molecule has 0 N–H and O–H groups in total. The van der Waals surface area contributed by atoms with Crippen LogP contribution >= 0.6 is 0 Å². The Bertz CT molecular complexity index is 3560. The number of rotatable bonds is 5. The molecular formula is C52H31N5O. The van der Waals surface area contributed by atoms with E-state index >= 15 is 0 Å². The highest BCUT2D eigenvalue weighted by molar-refractivity contribution is 6.28. The Morgan fingerprint density at radius 1 is 0.345 bits per heavy atom. The number of hydrogen-bond acceptors (Lipinski definition) is 5. The van der Waals surface area contributed by atoms with E-state index in [4.69, 9.17) is 24.4 Å². The van der Waals surface area contributed by atoms with Crippen molar-refractivity contribution < 1.29 is 4.42 Å². The molecule has 6 heteroatoms. The summed E-state index contributed by atoms with van der Waals surface area (Å²) < 4.78 is 9.00. The predicted molar refractivity (Wildman–Crippen MR) is 236 cm³/mol. The van der Waals surface area contributed by atoms with Crippen molar-refractivity contribution in [3.05, 3.63) is 188 Å². The molecule has 0 unspecified atom stereocenters. The van der Waals surface area contributed by atoms with Gasteiger partial charge in [-0.1, -0.05) is 121 Å². The third-order valence-corrected chi connectivity index (χ3v) is 11.2. The first-order chi connectivity index (χ1) is 28.7. The van der Waals surface area contributed by atoms with Gasteiger partial charge in [0.2, 0.25) is 0 Å². The first-order valence-corrected chi connectivity index (χ1v) is 19.4. The molecule has 4 aromatic heterocycles. The van der Waals surface area contributed by atoms with Crippen molar-refractivity contribution in [2.45, 2.75) is 0 Å². The molecule has 0 spiro atoms. The van der Waals surface area contributed by atoms with Crippen molar-refractivity contribution in [1.82, 2.24) is 24.5 Å². The third kappa shape index (κ3) is 5.05. The number of fused-ring (bicyclic) bond motifs is 10. The zero-order valence-corrected chi connectivity index (χ0v) is 31.0. The van der Waals surface area contributed by atoms with E-state index in [0.717, 1.165) is 93.7 Å². The molecule has 0 aliphatic heterocycles. The molecule has 8 aromatic carbocycles. The normalized spacial score (nSPS) is 11.8. The Labute approximate surface area is 332 Å². The highest BCUT2D eigenvalue weighted by Gasteiger charge is 2.20. The van der Waals surface area contributed by atoms with Gasteiger partial charge in [-0.2, -0.15) is 0 Å². The Kier molecular flexibility index (Phi) is 7.13. The second-order valence-corrected chi connectivity index (χ2v) is 14.6. The van der Waals surface area contributed by atoms with Crippen LogP contribution in [0.15, 0.2) is 192 Å². The fourth-order valence-electron chi connectivity index (χ4n) is 8.58. The summed E-state index contributed by atoms with van der Waals surface area (Å²) >= 11 is 0. The minimum atomic E-state index is 0.573. The van der Waals surface area contributed by atoms with Gasteiger partial charge in [0.1, 0.15) is 11.2 Å². The van der Waals surface area contributed by atoms with E-state index in [1.165, 1.54) is 5.39 Å². The van der Waals surface area contributed by atoms with E-state index in [9.17, 15) is 0 Å². The van der Waals surface area contributed by atoms with Crippen LogP contribution in [0.1, 0.15) is 0 Å². The molecule has 0 saturated carbocycles. The molecule has 0 fully saturated rings. The van der Waals surface area contributed by atoms with Crippen molar-refractivity contribution in [3.63, 3.8) is 0 Å². The van der Waals surface area contributed by atoms with Crippen molar-refractivity contribution in [2.75, 3.05) is 0 Å². The summed E-state index contributed by atoms with van der Waals surface area (Å²) in [5, 5.41) is 7.70. The maximum absolute atomic E-state index is 6.68. The van der Waals surface area contributed by atoms with Crippen LogP contribution in [-0.4, -0.2) is 24.5 Å². The van der Waals surface area contributed by atoms with E-state index in [1.54, 1.807) is 0 Å². The number of furan rings is 1. The Hall–Kier alpha value is -7.96. The molecular weight excluding hydrogens is 711 g/mol. The SMILES string of the molecule is c1ccc(-c2nc(-c3ccc4c(c3)oc3ccc5c(-c6ccccc6)nc6ccccc6c5c34)nc(-c3ccc4c(c3)c3ccccc3n4-c3ccccc3)n2)cc1. The van der Waals surface area contributed by atoms with Crippen LogP contribution < -0.4 is 0 Å². The van der Waals surface area contributed by atoms with Gasteiger partial charge in [-0.3, -0.25) is 0 Å². The lowest BCUT2D eigenvalue weighted by molar-refractivity contribution is 0.669. The minimum Gasteiger partial charge on any atom is -0.456 e. The summed E-state index contributed by atoms with van der Waals surface area (Å²) in [5.41, 5.74) is 10.6. The largest absolute Gasteiger partial charge is 0.456 e. The molecule has 4 heterocycles. The molecule has 0 amide bonds. The summed E-state index contributed by atoms with van der Waals surface area (Å²) in [6.45, 7) is 0. The quantitative estimate of drug-likeness (QED) is 0.164. The highest BCUT2D eigenvalue weighted by Crippen LogP contribution is 2.42. The van der Waals surface area contributed by atoms with Gasteiger partial charge in [-0.05, 0) is 66.7 Å². The molecule has 58 heavy (non-hydrogen) atoms. The highest BCUT2D eigenvalue weighted by atomic mass is 16.3. The van der Waals surface area contributed by atoms with E-state index < -0.39 is 0 Å². The van der Waals surface area contributed by atoms with Gasteiger partial charge in [-0.25, -0.2) is 19.9 Å². The van der Waals surface area contributed by atoms with E-state index in [0.29, 0.717) is 17.5 Å². The minimum absolute atomic E-state index is 0.573. The topological polar surface area (TPSA) is 69.6 Å². The lowest BCUT2D eigenvalue weighted by Gasteiger charge is -2.11. The number of nitrogens with zero attached hydrogens (tertiary/aromatic N) is 5. The molecule has 0 radical (unpaired) electrons. The van der Waals surface area contributed by atoms with Crippen molar-refractivity contribution in [1.29, 1.82) is 0 Å². The van der Waals surface area contributed by atoms with Gasteiger partial charge >= 0.3 is 0 Å². The van der Waals surface area contributed by atoms with Crippen LogP contribution in [0.25, 0.3) is 117 Å². The summed E-state index contributed by atoms with van der Waals surface area (Å²) in [6, 6.07) is 64.9. The summed E-state index contributed by atoms with van der Waals surface area (Å²) in [7, 11) is 0. The molecule has 0 bridgehead atoms. The van der Waals surface area contributed by atoms with Crippen molar-refractivity contribution in [3.8, 4) is 51.1 Å². The maximum atomic E-state index is 6.68. The number of pyridine rings is 1. The zero-order valence-electron chi connectivity index (χ0n) is 31.0. The maximum Gasteiger partial charge on any atom is 0.164 e. The Morgan fingerprint density at radius 2 is 0.931 bits per heavy atom. The van der Waals surface area contributed by atoms with Gasteiger partial charge in [0.05, 0.1) is 22.2 Å². The molecule has 6 nitrogen and oxygen atoms in total. The molecule has 0 aliphatic rings. The van der Waals surface area contributed by atoms with Crippen LogP contribution in [0.4, 0.5) is 0 Å². The molecule has 0 aliphatic carbocycles. The first-order valence-electron chi connectivity index (χ1n) is 19.4. The van der Waals surface area contributed by atoms with Crippen LogP contribution in [-0.2, 0) is 0 Å². The van der Waals surface area contributed by atoms with Crippen LogP contribution in [0, 0.1) is 0 Å². The van der Waals surface area contributed by atoms with Crippen molar-refractivity contribution in [2.24, 2.45) is 0 Å². The third-order valence-electron chi connectivity index (χ3n) is 11.2. The predicted octanol–water partition coefficient (Wildman–Crippen LogP) is 13.2. The second kappa shape index (κ2) is 12.8. The standard InChI is InChI=1S/C52H31N5O/c1-4-14-32(15-5-1)49-40-27-29-45-48(47(40)38-21-10-12-22-42(38)53-49)39-26-24-35(31-46(39)58-45)52-55-50(33-16-6-2-7-17-33)54-51(56-52)34-25-28-44-41(30-34)37-20-11-13-23-43(37)57(44)36-18-8-3-9-19-36/h1-31H. The molecule has 270 valence electrons. The molecule has 0 saturated heterocycles. The summed E-state index contributed by atoms with van der Waals surface area (Å²) in [4.78, 5) is 20.5. The van der Waals surface area contributed by atoms with E-state index in [-0.39, 0.29) is 0 Å². The van der Waals surface area contributed by atoms with Gasteiger partial charge in [0, 0.05) is 65.6 Å². The average Bonchev–Trinajstić information content (AvgIpc) is 3.84. The fourth-order valence-corrected chi connectivity index (χ4v) is 8.58. The summed E-state index contributed by atoms with van der Waals surface area (Å²) in [6.07, 6.45) is 0. The molecule has 12 rings (SSSR count). The monoisotopic (exact) mass is 741 g/mol. The second-order valence-electron chi connectivity index (χ2n) is 14.6. The van der Waals surface area contributed by atoms with Gasteiger partial charge in [0.25, 0.3) is 0 Å².